The van der Waals surface area contributed by atoms with Gasteiger partial charge in [0, 0.05) is 11.9 Å². The topological polar surface area (TPSA) is 101 Å². The molecule has 18 heavy (non-hydrogen) atoms. The Morgan fingerprint density at radius 3 is 2.78 bits per heavy atom. The summed E-state index contributed by atoms with van der Waals surface area (Å²) in [5, 5.41) is 6.43. The second-order valence-electron chi connectivity index (χ2n) is 3.92. The van der Waals surface area contributed by atoms with Crippen molar-refractivity contribution in [2.24, 2.45) is 0 Å². The number of anilines is 1. The standard InChI is InChI=1S/C11H14N4O2S/c1-8-6-10(2-3-11(8)12)18(16,17)14-7-9-4-5-13-15-9/h2-6,14H,7,12H2,1H3,(H,13,15). The van der Waals surface area contributed by atoms with E-state index in [0.717, 1.165) is 5.56 Å². The van der Waals surface area contributed by atoms with Gasteiger partial charge in [-0.3, -0.25) is 5.10 Å². The van der Waals surface area contributed by atoms with Crippen LogP contribution in [0.5, 0.6) is 0 Å². The molecule has 0 saturated heterocycles. The monoisotopic (exact) mass is 266 g/mol. The third kappa shape index (κ3) is 2.69. The fourth-order valence-electron chi connectivity index (χ4n) is 1.45. The second kappa shape index (κ2) is 4.79. The minimum Gasteiger partial charge on any atom is -0.399 e. The number of nitrogen functional groups attached to an aromatic ring is 1. The zero-order valence-electron chi connectivity index (χ0n) is 9.84. The molecule has 96 valence electrons. The lowest BCUT2D eigenvalue weighted by molar-refractivity contribution is 0.580. The highest BCUT2D eigenvalue weighted by atomic mass is 32.2. The van der Waals surface area contributed by atoms with Crippen LogP contribution in [0.1, 0.15) is 11.3 Å². The first kappa shape index (κ1) is 12.6. The van der Waals surface area contributed by atoms with Gasteiger partial charge in [0.2, 0.25) is 10.0 Å². The molecule has 1 aromatic carbocycles. The molecule has 0 fully saturated rings. The van der Waals surface area contributed by atoms with Crippen LogP contribution in [0.2, 0.25) is 0 Å². The van der Waals surface area contributed by atoms with E-state index in [9.17, 15) is 8.42 Å². The van der Waals surface area contributed by atoms with Crippen LogP contribution in [0.3, 0.4) is 0 Å². The lowest BCUT2D eigenvalue weighted by atomic mass is 10.2. The van der Waals surface area contributed by atoms with Gasteiger partial charge in [-0.05, 0) is 36.8 Å². The minimum absolute atomic E-state index is 0.172. The molecule has 0 atom stereocenters. The smallest absolute Gasteiger partial charge is 0.240 e. The number of rotatable bonds is 4. The zero-order valence-corrected chi connectivity index (χ0v) is 10.7. The lowest BCUT2D eigenvalue weighted by Crippen LogP contribution is -2.23. The van der Waals surface area contributed by atoms with Gasteiger partial charge in [-0.1, -0.05) is 0 Å². The summed E-state index contributed by atoms with van der Waals surface area (Å²) in [7, 11) is -3.53. The first-order valence-corrected chi connectivity index (χ1v) is 6.81. The zero-order chi connectivity index (χ0) is 13.2. The maximum absolute atomic E-state index is 12.0. The van der Waals surface area contributed by atoms with Crippen LogP contribution in [0, 0.1) is 6.92 Å². The number of hydrogen-bond donors (Lipinski definition) is 3. The van der Waals surface area contributed by atoms with Crippen molar-refractivity contribution in [3.05, 3.63) is 41.7 Å². The van der Waals surface area contributed by atoms with Gasteiger partial charge in [-0.15, -0.1) is 0 Å². The first-order valence-electron chi connectivity index (χ1n) is 5.33. The number of aromatic amines is 1. The Hall–Kier alpha value is -1.86. The molecule has 0 aliphatic heterocycles. The van der Waals surface area contributed by atoms with Gasteiger partial charge >= 0.3 is 0 Å². The minimum atomic E-state index is -3.53. The Morgan fingerprint density at radius 2 is 2.17 bits per heavy atom. The van der Waals surface area contributed by atoms with Crippen molar-refractivity contribution in [1.29, 1.82) is 0 Å². The number of aromatic nitrogens is 2. The molecular weight excluding hydrogens is 252 g/mol. The van der Waals surface area contributed by atoms with E-state index in [0.29, 0.717) is 11.4 Å². The van der Waals surface area contributed by atoms with E-state index in [-0.39, 0.29) is 11.4 Å². The highest BCUT2D eigenvalue weighted by molar-refractivity contribution is 7.89. The molecule has 0 aliphatic rings. The number of aryl methyl sites for hydroxylation is 1. The maximum Gasteiger partial charge on any atom is 0.240 e. The number of sulfonamides is 1. The average molecular weight is 266 g/mol. The number of hydrogen-bond acceptors (Lipinski definition) is 4. The summed E-state index contributed by atoms with van der Waals surface area (Å²) in [5.41, 5.74) is 7.66. The number of nitrogens with one attached hydrogen (secondary N) is 2. The van der Waals surface area contributed by atoms with Crippen LogP contribution in [0.15, 0.2) is 35.4 Å². The fourth-order valence-corrected chi connectivity index (χ4v) is 2.55. The Morgan fingerprint density at radius 1 is 1.39 bits per heavy atom. The molecule has 4 N–H and O–H groups in total. The van der Waals surface area contributed by atoms with E-state index in [2.05, 4.69) is 14.9 Å². The van der Waals surface area contributed by atoms with E-state index >= 15 is 0 Å². The van der Waals surface area contributed by atoms with Gasteiger partial charge in [-0.2, -0.15) is 5.10 Å². The number of benzene rings is 1. The quantitative estimate of drug-likeness (QED) is 0.712. The lowest BCUT2D eigenvalue weighted by Gasteiger charge is -2.07. The largest absolute Gasteiger partial charge is 0.399 e. The van der Waals surface area contributed by atoms with E-state index in [4.69, 9.17) is 5.73 Å². The van der Waals surface area contributed by atoms with Crippen LogP contribution in [0.25, 0.3) is 0 Å². The molecule has 2 rings (SSSR count). The van der Waals surface area contributed by atoms with E-state index < -0.39 is 10.0 Å². The molecule has 0 unspecified atom stereocenters. The molecule has 2 aromatic rings. The third-order valence-electron chi connectivity index (χ3n) is 2.56. The highest BCUT2D eigenvalue weighted by Crippen LogP contribution is 2.16. The van der Waals surface area contributed by atoms with E-state index in [1.807, 2.05) is 0 Å². The van der Waals surface area contributed by atoms with E-state index in [1.165, 1.54) is 6.07 Å². The van der Waals surface area contributed by atoms with Gasteiger partial charge in [0.05, 0.1) is 17.1 Å². The molecule has 0 saturated carbocycles. The summed E-state index contributed by atoms with van der Waals surface area (Å²) in [6.07, 6.45) is 1.57. The Bertz CT molecular complexity index is 635. The molecule has 6 nitrogen and oxygen atoms in total. The molecule has 0 bridgehead atoms. The predicted octanol–water partition coefficient (Wildman–Crippen LogP) is 0.779. The van der Waals surface area contributed by atoms with Crippen molar-refractivity contribution in [1.82, 2.24) is 14.9 Å². The Balaban J connectivity index is 2.17. The van der Waals surface area contributed by atoms with Gasteiger partial charge < -0.3 is 5.73 Å². The van der Waals surface area contributed by atoms with Crippen LogP contribution in [0.4, 0.5) is 5.69 Å². The molecule has 0 radical (unpaired) electrons. The summed E-state index contributed by atoms with van der Waals surface area (Å²) < 4.78 is 26.5. The molecule has 0 amide bonds. The second-order valence-corrected chi connectivity index (χ2v) is 5.69. The van der Waals surface area contributed by atoms with Crippen LogP contribution >= 0.6 is 0 Å². The molecule has 1 aromatic heterocycles. The number of H-pyrrole nitrogens is 1. The summed E-state index contributed by atoms with van der Waals surface area (Å²) in [6, 6.07) is 6.32. The predicted molar refractivity (Wildman–Crippen MR) is 68.2 cm³/mol. The fraction of sp³-hybridized carbons (Fsp3) is 0.182. The van der Waals surface area contributed by atoms with Gasteiger partial charge in [0.15, 0.2) is 0 Å². The van der Waals surface area contributed by atoms with Crippen LogP contribution in [-0.4, -0.2) is 18.6 Å². The summed E-state index contributed by atoms with van der Waals surface area (Å²) >= 11 is 0. The van der Waals surface area contributed by atoms with Crippen LogP contribution < -0.4 is 10.5 Å². The average Bonchev–Trinajstić information content (AvgIpc) is 2.83. The molecular formula is C11H14N4O2S. The number of nitrogens with two attached hydrogens (primary N) is 1. The summed E-state index contributed by atoms with van der Waals surface area (Å²) in [5.74, 6) is 0. The Kier molecular flexibility index (Phi) is 3.35. The molecule has 7 heteroatoms. The van der Waals surface area contributed by atoms with Crippen molar-refractivity contribution in [3.63, 3.8) is 0 Å². The van der Waals surface area contributed by atoms with Crippen molar-refractivity contribution in [3.8, 4) is 0 Å². The van der Waals surface area contributed by atoms with Crippen molar-refractivity contribution in [2.75, 3.05) is 5.73 Å². The van der Waals surface area contributed by atoms with Crippen molar-refractivity contribution in [2.45, 2.75) is 18.4 Å². The van der Waals surface area contributed by atoms with Crippen LogP contribution in [-0.2, 0) is 16.6 Å². The van der Waals surface area contributed by atoms with Crippen molar-refractivity contribution < 1.29 is 8.42 Å². The highest BCUT2D eigenvalue weighted by Gasteiger charge is 2.14. The normalized spacial score (nSPS) is 11.6. The van der Waals surface area contributed by atoms with Gasteiger partial charge in [0.25, 0.3) is 0 Å². The number of nitrogens with zero attached hydrogens (tertiary/aromatic N) is 1. The Labute approximate surface area is 105 Å². The van der Waals surface area contributed by atoms with Gasteiger partial charge in [-0.25, -0.2) is 13.1 Å². The molecule has 0 aliphatic carbocycles. The third-order valence-corrected chi connectivity index (χ3v) is 3.96. The maximum atomic E-state index is 12.0. The van der Waals surface area contributed by atoms with Gasteiger partial charge in [0.1, 0.15) is 0 Å². The molecule has 0 spiro atoms. The SMILES string of the molecule is Cc1cc(S(=O)(=O)NCc2ccn[nH]2)ccc1N. The van der Waals surface area contributed by atoms with E-state index in [1.54, 1.807) is 31.3 Å². The summed E-state index contributed by atoms with van der Waals surface area (Å²) in [6.45, 7) is 1.94. The van der Waals surface area contributed by atoms with Crippen molar-refractivity contribution >= 4 is 15.7 Å². The first-order chi connectivity index (χ1) is 8.49. The molecule has 1 heterocycles. The summed E-state index contributed by atoms with van der Waals surface area (Å²) in [4.78, 5) is 0.203.